The molecule has 0 fully saturated rings. The van der Waals surface area contributed by atoms with Gasteiger partial charge in [0.05, 0.1) is 6.04 Å². The fourth-order valence-electron chi connectivity index (χ4n) is 2.28. The molecule has 124 valence electrons. The lowest BCUT2D eigenvalue weighted by atomic mass is 9.93. The first kappa shape index (κ1) is 19.3. The second-order valence-electron chi connectivity index (χ2n) is 7.40. The Bertz CT molecular complexity index is 483. The van der Waals surface area contributed by atoms with Crippen molar-refractivity contribution < 1.29 is 4.55 Å². The molecule has 1 rings (SSSR count). The molecule has 3 atom stereocenters. The van der Waals surface area contributed by atoms with Crippen LogP contribution in [0.2, 0.25) is 0 Å². The van der Waals surface area contributed by atoms with Crippen LogP contribution in [0, 0.1) is 6.92 Å². The molecule has 0 aliphatic carbocycles. The normalized spacial score (nSPS) is 16.0. The molecule has 2 nitrogen and oxygen atoms in total. The summed E-state index contributed by atoms with van der Waals surface area (Å²) in [5, 5.41) is 0. The van der Waals surface area contributed by atoms with Crippen molar-refractivity contribution in [3.8, 4) is 0 Å². The fourth-order valence-corrected chi connectivity index (χ4v) is 3.07. The lowest BCUT2D eigenvalue weighted by Crippen LogP contribution is -2.44. The van der Waals surface area contributed by atoms with Crippen LogP contribution in [-0.2, 0) is 11.4 Å². The van der Waals surface area contributed by atoms with Gasteiger partial charge in [-0.1, -0.05) is 48.4 Å². The number of hydrogen-bond donors (Lipinski definition) is 1. The smallest absolute Gasteiger partial charge is 0.136 e. The second kappa shape index (κ2) is 8.19. The molecule has 0 heterocycles. The Hall–Kier alpha value is -0.770. The number of nitrogens with one attached hydrogen (secondary N) is 1. The molecular weight excluding hydrogens is 290 g/mol. The van der Waals surface area contributed by atoms with Crippen LogP contribution in [0.3, 0.4) is 0 Å². The van der Waals surface area contributed by atoms with Gasteiger partial charge in [-0.15, -0.1) is 4.72 Å². The molecular formula is C19H31NOS. The highest BCUT2D eigenvalue weighted by atomic mass is 32.2. The molecule has 3 heteroatoms. The molecule has 0 spiro atoms. The van der Waals surface area contributed by atoms with Gasteiger partial charge in [0.2, 0.25) is 0 Å². The Morgan fingerprint density at radius 2 is 1.77 bits per heavy atom. The maximum absolute atomic E-state index is 12.4. The van der Waals surface area contributed by atoms with Crippen molar-refractivity contribution in [1.82, 2.24) is 4.72 Å². The molecule has 0 aliphatic rings. The van der Waals surface area contributed by atoms with Crippen LogP contribution in [0.1, 0.15) is 65.0 Å². The Morgan fingerprint density at radius 3 is 2.23 bits per heavy atom. The summed E-state index contributed by atoms with van der Waals surface area (Å²) in [6.45, 7) is 14.5. The number of aryl methyl sites for hydroxylation is 1. The average Bonchev–Trinajstić information content (AvgIpc) is 2.37. The Labute approximate surface area is 139 Å². The predicted octanol–water partition coefficient (Wildman–Crippen LogP) is 4.88. The summed E-state index contributed by atoms with van der Waals surface area (Å²) in [4.78, 5) is 0. The largest absolute Gasteiger partial charge is 0.598 e. The van der Waals surface area contributed by atoms with E-state index in [2.05, 4.69) is 62.8 Å². The molecule has 0 aromatic heterocycles. The SMILES string of the molecule is CC(C)=C[C@H](C[C@H](C)c1ccc(C)cc1)N[S+]([O-])C(C)(C)C. The summed E-state index contributed by atoms with van der Waals surface area (Å²) >= 11 is -1.05. The zero-order valence-corrected chi connectivity index (χ0v) is 15.9. The minimum atomic E-state index is -1.05. The first-order valence-electron chi connectivity index (χ1n) is 7.99. The summed E-state index contributed by atoms with van der Waals surface area (Å²) in [6, 6.07) is 8.83. The molecule has 1 N–H and O–H groups in total. The van der Waals surface area contributed by atoms with Crippen LogP contribution in [-0.4, -0.2) is 15.3 Å². The zero-order chi connectivity index (χ0) is 16.9. The van der Waals surface area contributed by atoms with Crippen molar-refractivity contribution in [3.63, 3.8) is 0 Å². The summed E-state index contributed by atoms with van der Waals surface area (Å²) in [5.74, 6) is 0.422. The minimum absolute atomic E-state index is 0.126. The maximum Gasteiger partial charge on any atom is 0.136 e. The van der Waals surface area contributed by atoms with Crippen LogP contribution in [0.4, 0.5) is 0 Å². The van der Waals surface area contributed by atoms with E-state index in [1.54, 1.807) is 0 Å². The molecule has 0 saturated heterocycles. The van der Waals surface area contributed by atoms with Crippen molar-refractivity contribution >= 4 is 11.4 Å². The van der Waals surface area contributed by atoms with Crippen LogP contribution >= 0.6 is 0 Å². The van der Waals surface area contributed by atoms with E-state index in [0.29, 0.717) is 5.92 Å². The van der Waals surface area contributed by atoms with Crippen LogP contribution in [0.15, 0.2) is 35.9 Å². The Kier molecular flexibility index (Phi) is 7.17. The number of hydrogen-bond acceptors (Lipinski definition) is 2. The van der Waals surface area contributed by atoms with Gasteiger partial charge < -0.3 is 4.55 Å². The average molecular weight is 322 g/mol. The highest BCUT2D eigenvalue weighted by Gasteiger charge is 2.29. The van der Waals surface area contributed by atoms with Crippen LogP contribution < -0.4 is 4.72 Å². The van der Waals surface area contributed by atoms with E-state index < -0.39 is 11.4 Å². The summed E-state index contributed by atoms with van der Waals surface area (Å²) in [6.07, 6.45) is 3.13. The quantitative estimate of drug-likeness (QED) is 0.599. The van der Waals surface area contributed by atoms with Gasteiger partial charge >= 0.3 is 0 Å². The molecule has 0 amide bonds. The fraction of sp³-hybridized carbons (Fsp3) is 0.579. The topological polar surface area (TPSA) is 35.1 Å². The van der Waals surface area contributed by atoms with Gasteiger partial charge in [-0.3, -0.25) is 0 Å². The van der Waals surface area contributed by atoms with Crippen molar-refractivity contribution in [2.75, 3.05) is 0 Å². The van der Waals surface area contributed by atoms with Gasteiger partial charge in [-0.05, 0) is 59.4 Å². The first-order chi connectivity index (χ1) is 10.1. The monoisotopic (exact) mass is 321 g/mol. The van der Waals surface area contributed by atoms with Crippen molar-refractivity contribution in [1.29, 1.82) is 0 Å². The molecule has 22 heavy (non-hydrogen) atoms. The number of benzene rings is 1. The van der Waals surface area contributed by atoms with E-state index in [1.165, 1.54) is 16.7 Å². The summed E-state index contributed by atoms with van der Waals surface area (Å²) < 4.78 is 15.4. The lowest BCUT2D eigenvalue weighted by molar-refractivity contribution is 0.516. The third-order valence-electron chi connectivity index (χ3n) is 3.60. The molecule has 1 unspecified atom stereocenters. The zero-order valence-electron chi connectivity index (χ0n) is 15.1. The second-order valence-corrected chi connectivity index (χ2v) is 9.39. The van der Waals surface area contributed by atoms with Gasteiger partial charge in [0.1, 0.15) is 4.75 Å². The molecule has 0 radical (unpaired) electrons. The van der Waals surface area contributed by atoms with E-state index in [-0.39, 0.29) is 10.8 Å². The highest BCUT2D eigenvalue weighted by molar-refractivity contribution is 7.90. The van der Waals surface area contributed by atoms with Gasteiger partial charge in [-0.25, -0.2) is 0 Å². The summed E-state index contributed by atoms with van der Waals surface area (Å²) in [7, 11) is 0. The Morgan fingerprint density at radius 1 is 1.23 bits per heavy atom. The minimum Gasteiger partial charge on any atom is -0.598 e. The molecule has 1 aromatic carbocycles. The third-order valence-corrected chi connectivity index (χ3v) is 5.23. The van der Waals surface area contributed by atoms with E-state index in [1.807, 2.05) is 20.8 Å². The highest BCUT2D eigenvalue weighted by Crippen LogP contribution is 2.23. The van der Waals surface area contributed by atoms with Crippen molar-refractivity contribution in [2.24, 2.45) is 0 Å². The van der Waals surface area contributed by atoms with Crippen LogP contribution in [0.25, 0.3) is 0 Å². The molecule has 1 aromatic rings. The van der Waals surface area contributed by atoms with Crippen molar-refractivity contribution in [3.05, 3.63) is 47.0 Å². The van der Waals surface area contributed by atoms with Gasteiger partial charge in [0.25, 0.3) is 0 Å². The van der Waals surface area contributed by atoms with Gasteiger partial charge in [0, 0.05) is 11.4 Å². The lowest BCUT2D eigenvalue weighted by Gasteiger charge is -2.28. The van der Waals surface area contributed by atoms with Crippen molar-refractivity contribution in [2.45, 2.75) is 71.6 Å². The van der Waals surface area contributed by atoms with Gasteiger partial charge in [-0.2, -0.15) is 0 Å². The number of allylic oxidation sites excluding steroid dienone is 1. The maximum atomic E-state index is 12.4. The Balaban J connectivity index is 2.80. The first-order valence-corrected chi connectivity index (χ1v) is 9.14. The van der Waals surface area contributed by atoms with E-state index in [9.17, 15) is 4.55 Å². The van der Waals surface area contributed by atoms with E-state index in [0.717, 1.165) is 6.42 Å². The van der Waals surface area contributed by atoms with E-state index in [4.69, 9.17) is 0 Å². The predicted molar refractivity (Wildman–Crippen MR) is 98.5 cm³/mol. The van der Waals surface area contributed by atoms with Gasteiger partial charge in [0.15, 0.2) is 0 Å². The molecule has 0 bridgehead atoms. The van der Waals surface area contributed by atoms with Crippen LogP contribution in [0.5, 0.6) is 0 Å². The number of rotatable bonds is 6. The van der Waals surface area contributed by atoms with E-state index >= 15 is 0 Å². The third kappa shape index (κ3) is 6.55. The standard InChI is InChI=1S/C19H31NOS/c1-14(2)12-18(20-22(21)19(5,6)7)13-16(4)17-10-8-15(3)9-11-17/h8-12,16,18,20H,13H2,1-7H3/t16-,18+,22?/m0/s1. The molecule has 0 saturated carbocycles. The summed E-state index contributed by atoms with van der Waals surface area (Å²) in [5.41, 5.74) is 3.87. The molecule has 0 aliphatic heterocycles.